The van der Waals surface area contributed by atoms with Gasteiger partial charge in [0.25, 0.3) is 0 Å². The van der Waals surface area contributed by atoms with Crippen molar-refractivity contribution in [2.24, 2.45) is 0 Å². The zero-order chi connectivity index (χ0) is 27.9. The van der Waals surface area contributed by atoms with Crippen molar-refractivity contribution in [3.8, 4) is 11.5 Å². The van der Waals surface area contributed by atoms with Crippen LogP contribution in [0.5, 0.6) is 11.5 Å². The summed E-state index contributed by atoms with van der Waals surface area (Å²) in [6.45, 7) is 6.27. The fourth-order valence-electron chi connectivity index (χ4n) is 5.65. The molecule has 1 amide bonds. The highest BCUT2D eigenvalue weighted by atomic mass is 16.5. The maximum atomic E-state index is 13.8. The molecule has 0 saturated carbocycles. The predicted octanol–water partition coefficient (Wildman–Crippen LogP) is 6.13. The molecule has 1 atom stereocenters. The number of carbonyl (C=O) groups is 1. The first-order valence-corrected chi connectivity index (χ1v) is 14.1. The van der Waals surface area contributed by atoms with Crippen molar-refractivity contribution in [2.75, 3.05) is 46.9 Å². The molecule has 2 heterocycles. The summed E-state index contributed by atoms with van der Waals surface area (Å²) < 4.78 is 11.2. The standard InChI is InChI=1S/C34H39N3O3/c1-4-26-13-8-14-30-32(24-35-34(26)30)31(27-20-28(39-2)22-29(21-27)40-3)23-33(38)37-18-16-36(17-19-37)15-9-12-25-10-6-5-7-11-25/h5-14,20-22,24,31,35H,4,15-19,23H2,1-3H3. The number of H-pyrrole nitrogens is 1. The van der Waals surface area contributed by atoms with Crippen LogP contribution in [0.25, 0.3) is 17.0 Å². The number of hydrogen-bond donors (Lipinski definition) is 1. The Morgan fingerprint density at radius 2 is 1.68 bits per heavy atom. The quantitative estimate of drug-likeness (QED) is 0.265. The molecule has 1 aliphatic heterocycles. The number of rotatable bonds is 10. The van der Waals surface area contributed by atoms with E-state index < -0.39 is 0 Å². The van der Waals surface area contributed by atoms with E-state index in [1.165, 1.54) is 11.1 Å². The number of benzene rings is 3. The third kappa shape index (κ3) is 6.23. The first kappa shape index (κ1) is 27.5. The second-order valence-corrected chi connectivity index (χ2v) is 10.3. The molecule has 0 aliphatic carbocycles. The van der Waals surface area contributed by atoms with Crippen molar-refractivity contribution in [3.63, 3.8) is 0 Å². The van der Waals surface area contributed by atoms with E-state index in [9.17, 15) is 4.79 Å². The summed E-state index contributed by atoms with van der Waals surface area (Å²) in [7, 11) is 3.32. The van der Waals surface area contributed by atoms with Crippen molar-refractivity contribution in [1.82, 2.24) is 14.8 Å². The van der Waals surface area contributed by atoms with Gasteiger partial charge in [-0.1, -0.05) is 67.6 Å². The van der Waals surface area contributed by atoms with Crippen LogP contribution in [0.4, 0.5) is 0 Å². The molecule has 1 aliphatic rings. The first-order valence-electron chi connectivity index (χ1n) is 14.1. The van der Waals surface area contributed by atoms with Crippen LogP contribution in [0.15, 0.2) is 79.0 Å². The van der Waals surface area contributed by atoms with E-state index in [0.717, 1.165) is 72.7 Å². The smallest absolute Gasteiger partial charge is 0.223 e. The fraction of sp³-hybridized carbons (Fsp3) is 0.324. The molecule has 1 fully saturated rings. The van der Waals surface area contributed by atoms with Crippen molar-refractivity contribution in [2.45, 2.75) is 25.7 Å². The summed E-state index contributed by atoms with van der Waals surface area (Å²) in [5.74, 6) is 1.48. The molecule has 0 bridgehead atoms. The molecule has 40 heavy (non-hydrogen) atoms. The lowest BCUT2D eigenvalue weighted by atomic mass is 9.87. The largest absolute Gasteiger partial charge is 0.497 e. The fourth-order valence-corrected chi connectivity index (χ4v) is 5.65. The topological polar surface area (TPSA) is 57.8 Å². The van der Waals surface area contributed by atoms with Crippen LogP contribution in [0.1, 0.15) is 41.5 Å². The maximum absolute atomic E-state index is 13.8. The molecular weight excluding hydrogens is 498 g/mol. The summed E-state index contributed by atoms with van der Waals surface area (Å²) in [5.41, 5.74) is 5.76. The molecule has 5 rings (SSSR count). The van der Waals surface area contributed by atoms with Gasteiger partial charge in [-0.2, -0.15) is 0 Å². The van der Waals surface area contributed by atoms with E-state index >= 15 is 0 Å². The molecule has 4 aromatic rings. The van der Waals surface area contributed by atoms with Crippen LogP contribution < -0.4 is 9.47 Å². The van der Waals surface area contributed by atoms with Gasteiger partial charge in [0.1, 0.15) is 11.5 Å². The van der Waals surface area contributed by atoms with Gasteiger partial charge in [-0.05, 0) is 40.8 Å². The molecule has 6 heteroatoms. The molecule has 1 unspecified atom stereocenters. The summed E-state index contributed by atoms with van der Waals surface area (Å²) in [6.07, 6.45) is 7.77. The number of para-hydroxylation sites is 1. The number of amides is 1. The van der Waals surface area contributed by atoms with Gasteiger partial charge in [0, 0.05) is 68.2 Å². The molecule has 0 radical (unpaired) electrons. The van der Waals surface area contributed by atoms with E-state index in [4.69, 9.17) is 9.47 Å². The Balaban J connectivity index is 1.34. The highest BCUT2D eigenvalue weighted by Crippen LogP contribution is 2.38. The Kier molecular flexibility index (Phi) is 8.87. The van der Waals surface area contributed by atoms with Gasteiger partial charge >= 0.3 is 0 Å². The zero-order valence-electron chi connectivity index (χ0n) is 23.7. The van der Waals surface area contributed by atoms with E-state index in [-0.39, 0.29) is 11.8 Å². The summed E-state index contributed by atoms with van der Waals surface area (Å²) in [5, 5.41) is 1.16. The monoisotopic (exact) mass is 537 g/mol. The minimum Gasteiger partial charge on any atom is -0.497 e. The molecule has 6 nitrogen and oxygen atoms in total. The SMILES string of the molecule is CCc1cccc2c(C(CC(=O)N3CCN(CC=Cc4ccccc4)CC3)c3cc(OC)cc(OC)c3)c[nH]c12. The predicted molar refractivity (Wildman–Crippen MR) is 162 cm³/mol. The number of hydrogen-bond acceptors (Lipinski definition) is 4. The number of aryl methyl sites for hydroxylation is 1. The minimum absolute atomic E-state index is 0.135. The van der Waals surface area contributed by atoms with Crippen LogP contribution in [0.2, 0.25) is 0 Å². The molecule has 208 valence electrons. The van der Waals surface area contributed by atoms with E-state index in [1.54, 1.807) is 14.2 Å². The first-order chi connectivity index (χ1) is 19.6. The Morgan fingerprint density at radius 1 is 0.950 bits per heavy atom. The maximum Gasteiger partial charge on any atom is 0.223 e. The Hall–Kier alpha value is -4.03. The normalized spacial score (nSPS) is 15.0. The molecular formula is C34H39N3O3. The third-order valence-corrected chi connectivity index (χ3v) is 7.94. The second kappa shape index (κ2) is 12.9. The van der Waals surface area contributed by atoms with Gasteiger partial charge in [0.2, 0.25) is 5.91 Å². The van der Waals surface area contributed by atoms with Crippen molar-refractivity contribution in [3.05, 3.63) is 101 Å². The average molecular weight is 538 g/mol. The Morgan fingerprint density at radius 3 is 2.35 bits per heavy atom. The molecule has 0 spiro atoms. The second-order valence-electron chi connectivity index (χ2n) is 10.3. The number of methoxy groups -OCH3 is 2. The summed E-state index contributed by atoms with van der Waals surface area (Å²) >= 11 is 0. The third-order valence-electron chi connectivity index (χ3n) is 7.94. The molecule has 3 aromatic carbocycles. The number of aromatic amines is 1. The van der Waals surface area contributed by atoms with Crippen LogP contribution >= 0.6 is 0 Å². The number of nitrogens with one attached hydrogen (secondary N) is 1. The number of aromatic nitrogens is 1. The molecule has 1 saturated heterocycles. The van der Waals surface area contributed by atoms with E-state index in [1.807, 2.05) is 29.2 Å². The van der Waals surface area contributed by atoms with Gasteiger partial charge < -0.3 is 19.4 Å². The van der Waals surface area contributed by atoms with Gasteiger partial charge in [0.15, 0.2) is 0 Å². The number of fused-ring (bicyclic) bond motifs is 1. The van der Waals surface area contributed by atoms with Crippen LogP contribution in [0.3, 0.4) is 0 Å². The average Bonchev–Trinajstić information content (AvgIpc) is 3.44. The van der Waals surface area contributed by atoms with Crippen LogP contribution in [0, 0.1) is 0 Å². The van der Waals surface area contributed by atoms with Crippen molar-refractivity contribution in [1.29, 1.82) is 0 Å². The van der Waals surface area contributed by atoms with Crippen molar-refractivity contribution >= 4 is 22.9 Å². The minimum atomic E-state index is -0.135. The lowest BCUT2D eigenvalue weighted by Gasteiger charge is -2.35. The van der Waals surface area contributed by atoms with Gasteiger partial charge in [-0.3, -0.25) is 9.69 Å². The highest BCUT2D eigenvalue weighted by Gasteiger charge is 2.27. The van der Waals surface area contributed by atoms with Crippen molar-refractivity contribution < 1.29 is 14.3 Å². The van der Waals surface area contributed by atoms with Crippen LogP contribution in [-0.4, -0.2) is 67.6 Å². The lowest BCUT2D eigenvalue weighted by molar-refractivity contribution is -0.133. The number of piperazine rings is 1. The highest BCUT2D eigenvalue weighted by molar-refractivity contribution is 5.88. The Labute approximate surface area is 237 Å². The van der Waals surface area contributed by atoms with E-state index in [2.05, 4.69) is 77.6 Å². The number of nitrogens with zero attached hydrogens (tertiary/aromatic N) is 2. The van der Waals surface area contributed by atoms with Gasteiger partial charge in [-0.25, -0.2) is 0 Å². The molecule has 1 N–H and O–H groups in total. The summed E-state index contributed by atoms with van der Waals surface area (Å²) in [4.78, 5) is 21.7. The Bertz CT molecular complexity index is 1430. The molecule has 1 aromatic heterocycles. The van der Waals surface area contributed by atoms with E-state index in [0.29, 0.717) is 6.42 Å². The number of carbonyl (C=O) groups excluding carboxylic acids is 1. The zero-order valence-corrected chi connectivity index (χ0v) is 23.7. The lowest BCUT2D eigenvalue weighted by Crippen LogP contribution is -2.48. The summed E-state index contributed by atoms with van der Waals surface area (Å²) in [6, 6.07) is 22.7. The number of ether oxygens (including phenoxy) is 2. The van der Waals surface area contributed by atoms with Gasteiger partial charge in [-0.15, -0.1) is 0 Å². The van der Waals surface area contributed by atoms with Crippen LogP contribution in [-0.2, 0) is 11.2 Å². The van der Waals surface area contributed by atoms with Gasteiger partial charge in [0.05, 0.1) is 14.2 Å².